The van der Waals surface area contributed by atoms with Gasteiger partial charge in [0.15, 0.2) is 0 Å². The van der Waals surface area contributed by atoms with Crippen LogP contribution in [0.5, 0.6) is 0 Å². The second kappa shape index (κ2) is 9.47. The Morgan fingerprint density at radius 2 is 1.34 bits per heavy atom. The van der Waals surface area contributed by atoms with Crippen molar-refractivity contribution in [3.05, 3.63) is 54.1 Å². The second-order valence-electron chi connectivity index (χ2n) is 7.71. The Morgan fingerprint density at radius 3 is 1.78 bits per heavy atom. The fraction of sp³-hybridized carbons (Fsp3) is 0.381. The van der Waals surface area contributed by atoms with Crippen LogP contribution in [0.2, 0.25) is 0 Å². The van der Waals surface area contributed by atoms with E-state index < -0.39 is 27.8 Å². The molecule has 0 radical (unpaired) electrons. The third-order valence-electron chi connectivity index (χ3n) is 5.22. The number of benzene rings is 2. The van der Waals surface area contributed by atoms with Crippen molar-refractivity contribution in [2.45, 2.75) is 31.0 Å². The van der Waals surface area contributed by atoms with Crippen molar-refractivity contribution in [2.75, 3.05) is 36.8 Å². The van der Waals surface area contributed by atoms with E-state index in [2.05, 4.69) is 29.4 Å². The van der Waals surface area contributed by atoms with Gasteiger partial charge in [0, 0.05) is 43.6 Å². The average Bonchev–Trinajstić information content (AvgIpc) is 2.74. The highest BCUT2D eigenvalue weighted by Gasteiger charge is 2.30. The Balaban J connectivity index is 1.59. The molecule has 2 N–H and O–H groups in total. The van der Waals surface area contributed by atoms with Crippen LogP contribution in [0, 0.1) is 0 Å². The number of urea groups is 1. The van der Waals surface area contributed by atoms with Crippen molar-refractivity contribution in [1.82, 2.24) is 9.21 Å². The lowest BCUT2D eigenvalue weighted by Crippen LogP contribution is -2.50. The van der Waals surface area contributed by atoms with Crippen LogP contribution in [-0.2, 0) is 16.2 Å². The molecule has 174 valence electrons. The minimum atomic E-state index is -4.45. The summed E-state index contributed by atoms with van der Waals surface area (Å²) in [5, 5.41) is 4.95. The van der Waals surface area contributed by atoms with Crippen LogP contribution < -0.4 is 10.6 Å². The zero-order valence-electron chi connectivity index (χ0n) is 17.7. The zero-order chi connectivity index (χ0) is 23.5. The maximum absolute atomic E-state index is 12.9. The molecular formula is C21H25F3N4O3S. The van der Waals surface area contributed by atoms with Crippen molar-refractivity contribution >= 4 is 27.4 Å². The minimum absolute atomic E-state index is 0.129. The van der Waals surface area contributed by atoms with E-state index in [1.54, 1.807) is 0 Å². The number of carbonyl (C=O) groups is 1. The molecule has 1 saturated heterocycles. The van der Waals surface area contributed by atoms with Gasteiger partial charge < -0.3 is 10.6 Å². The van der Waals surface area contributed by atoms with E-state index in [9.17, 15) is 26.4 Å². The van der Waals surface area contributed by atoms with Crippen LogP contribution >= 0.6 is 0 Å². The maximum atomic E-state index is 12.9. The van der Waals surface area contributed by atoms with Gasteiger partial charge in [0.25, 0.3) is 0 Å². The number of sulfonamides is 1. The van der Waals surface area contributed by atoms with Crippen LogP contribution in [0.1, 0.15) is 19.4 Å². The summed E-state index contributed by atoms with van der Waals surface area (Å²) in [5.41, 5.74) is -0.279. The quantitative estimate of drug-likeness (QED) is 0.691. The number of rotatable bonds is 5. The summed E-state index contributed by atoms with van der Waals surface area (Å²) in [7, 11) is -3.63. The summed E-state index contributed by atoms with van der Waals surface area (Å²) in [6, 6.07) is 9.49. The Morgan fingerprint density at radius 1 is 0.875 bits per heavy atom. The highest BCUT2D eigenvalue weighted by molar-refractivity contribution is 7.89. The van der Waals surface area contributed by atoms with Gasteiger partial charge in [-0.3, -0.25) is 4.90 Å². The van der Waals surface area contributed by atoms with Gasteiger partial charge in [-0.05, 0) is 62.4 Å². The topological polar surface area (TPSA) is 81.8 Å². The van der Waals surface area contributed by atoms with Gasteiger partial charge in [0.1, 0.15) is 0 Å². The van der Waals surface area contributed by atoms with Crippen LogP contribution in [0.4, 0.5) is 29.3 Å². The largest absolute Gasteiger partial charge is 0.416 e. The molecule has 3 rings (SSSR count). The number of piperazine rings is 1. The molecule has 0 bridgehead atoms. The van der Waals surface area contributed by atoms with Gasteiger partial charge >= 0.3 is 12.2 Å². The highest BCUT2D eigenvalue weighted by Crippen LogP contribution is 2.30. The number of nitrogens with one attached hydrogen (secondary N) is 2. The number of carbonyl (C=O) groups excluding carboxylic acids is 1. The number of halogens is 3. The van der Waals surface area contributed by atoms with Gasteiger partial charge in [0.05, 0.1) is 10.5 Å². The van der Waals surface area contributed by atoms with Crippen LogP contribution in [0.3, 0.4) is 0 Å². The molecule has 1 fully saturated rings. The first-order valence-corrected chi connectivity index (χ1v) is 11.5. The number of nitrogens with zero attached hydrogens (tertiary/aromatic N) is 2. The molecule has 1 heterocycles. The molecule has 11 heteroatoms. The standard InChI is InChI=1S/C21H25F3N4O3S/c1-15(2)27-11-13-28(14-12-27)32(30,31)19-9-7-18(8-10-19)26-20(29)25-17-5-3-16(4-6-17)21(22,23)24/h3-10,15H,11-14H2,1-2H3,(H2,25,26,29). The smallest absolute Gasteiger partial charge is 0.308 e. The molecule has 0 aliphatic carbocycles. The molecule has 32 heavy (non-hydrogen) atoms. The summed E-state index contributed by atoms with van der Waals surface area (Å²) in [6.07, 6.45) is -4.45. The predicted molar refractivity (Wildman–Crippen MR) is 116 cm³/mol. The van der Waals surface area contributed by atoms with Crippen molar-refractivity contribution in [3.8, 4) is 0 Å². The van der Waals surface area contributed by atoms with Crippen LogP contribution in [0.15, 0.2) is 53.4 Å². The zero-order valence-corrected chi connectivity index (χ0v) is 18.5. The number of anilines is 2. The summed E-state index contributed by atoms with van der Waals surface area (Å²) in [6.45, 7) is 6.31. The fourth-order valence-corrected chi connectivity index (χ4v) is 4.78. The van der Waals surface area contributed by atoms with Crippen molar-refractivity contribution in [1.29, 1.82) is 0 Å². The van der Waals surface area contributed by atoms with Crippen molar-refractivity contribution in [2.24, 2.45) is 0 Å². The van der Waals surface area contributed by atoms with Crippen molar-refractivity contribution < 1.29 is 26.4 Å². The summed E-state index contributed by atoms with van der Waals surface area (Å²) < 4.78 is 65.0. The lowest BCUT2D eigenvalue weighted by Gasteiger charge is -2.36. The number of hydrogen-bond acceptors (Lipinski definition) is 4. The molecule has 7 nitrogen and oxygen atoms in total. The van der Waals surface area contributed by atoms with Crippen LogP contribution in [-0.4, -0.2) is 55.9 Å². The maximum Gasteiger partial charge on any atom is 0.416 e. The number of alkyl halides is 3. The Hall–Kier alpha value is -2.63. The fourth-order valence-electron chi connectivity index (χ4n) is 3.36. The lowest BCUT2D eigenvalue weighted by atomic mass is 10.2. The van der Waals surface area contributed by atoms with Gasteiger partial charge in [-0.25, -0.2) is 13.2 Å². The second-order valence-corrected chi connectivity index (χ2v) is 9.65. The van der Waals surface area contributed by atoms with Gasteiger partial charge in [-0.2, -0.15) is 17.5 Å². The van der Waals surface area contributed by atoms with E-state index in [4.69, 9.17) is 0 Å². The molecule has 0 spiro atoms. The molecule has 2 amide bonds. The van der Waals surface area contributed by atoms with E-state index in [-0.39, 0.29) is 10.6 Å². The predicted octanol–water partition coefficient (Wildman–Crippen LogP) is 4.06. The average molecular weight is 471 g/mol. The molecule has 0 aromatic heterocycles. The molecule has 2 aromatic rings. The third-order valence-corrected chi connectivity index (χ3v) is 7.14. The van der Waals surface area contributed by atoms with Gasteiger partial charge in [-0.15, -0.1) is 0 Å². The summed E-state index contributed by atoms with van der Waals surface area (Å²) >= 11 is 0. The van der Waals surface area contributed by atoms with E-state index in [1.807, 2.05) is 0 Å². The first kappa shape index (κ1) is 24.0. The minimum Gasteiger partial charge on any atom is -0.308 e. The monoisotopic (exact) mass is 470 g/mol. The lowest BCUT2D eigenvalue weighted by molar-refractivity contribution is -0.137. The van der Waals surface area contributed by atoms with E-state index in [0.29, 0.717) is 37.9 Å². The molecule has 1 aliphatic rings. The number of hydrogen-bond donors (Lipinski definition) is 2. The van der Waals surface area contributed by atoms with E-state index in [1.165, 1.54) is 28.6 Å². The van der Waals surface area contributed by atoms with Gasteiger partial charge in [-0.1, -0.05) is 0 Å². The first-order chi connectivity index (χ1) is 15.0. The molecule has 0 saturated carbocycles. The van der Waals surface area contributed by atoms with E-state index >= 15 is 0 Å². The SMILES string of the molecule is CC(C)N1CCN(S(=O)(=O)c2ccc(NC(=O)Nc3ccc(C(F)(F)F)cc3)cc2)CC1. The molecule has 0 unspecified atom stereocenters. The Bertz CT molecular complexity index is 1030. The number of amides is 2. The highest BCUT2D eigenvalue weighted by atomic mass is 32.2. The van der Waals surface area contributed by atoms with Gasteiger partial charge in [0.2, 0.25) is 10.0 Å². The molecular weight excluding hydrogens is 445 g/mol. The molecule has 0 atom stereocenters. The van der Waals surface area contributed by atoms with E-state index in [0.717, 1.165) is 24.3 Å². The third kappa shape index (κ3) is 5.78. The first-order valence-electron chi connectivity index (χ1n) is 10.1. The molecule has 2 aromatic carbocycles. The summed E-state index contributed by atoms with van der Waals surface area (Å²) in [5.74, 6) is 0. The van der Waals surface area contributed by atoms with Crippen molar-refractivity contribution in [3.63, 3.8) is 0 Å². The Labute approximate surface area is 185 Å². The summed E-state index contributed by atoms with van der Waals surface area (Å²) in [4.78, 5) is 14.4. The molecule has 1 aliphatic heterocycles. The Kier molecular flexibility index (Phi) is 7.11. The van der Waals surface area contributed by atoms with Crippen LogP contribution in [0.25, 0.3) is 0 Å². The normalized spacial score (nSPS) is 16.2.